The zero-order valence-electron chi connectivity index (χ0n) is 16.7. The van der Waals surface area contributed by atoms with E-state index in [9.17, 15) is 4.39 Å². The van der Waals surface area contributed by atoms with Gasteiger partial charge in [0, 0.05) is 24.4 Å². The SMILES string of the molecule is CCCCCC1CCC(c2cccnc2-c2ccc(F)c(COC)c2)CC1. The van der Waals surface area contributed by atoms with Crippen LogP contribution >= 0.6 is 0 Å². The summed E-state index contributed by atoms with van der Waals surface area (Å²) in [5, 5.41) is 0. The number of nitrogens with zero attached hydrogens (tertiary/aromatic N) is 1. The summed E-state index contributed by atoms with van der Waals surface area (Å²) in [6.07, 6.45) is 12.4. The van der Waals surface area contributed by atoms with Gasteiger partial charge >= 0.3 is 0 Å². The first-order valence-electron chi connectivity index (χ1n) is 10.5. The number of halogens is 1. The van der Waals surface area contributed by atoms with Gasteiger partial charge in [-0.05, 0) is 67.3 Å². The topological polar surface area (TPSA) is 22.1 Å². The largest absolute Gasteiger partial charge is 0.380 e. The summed E-state index contributed by atoms with van der Waals surface area (Å²) in [6.45, 7) is 2.55. The molecule has 1 heterocycles. The first kappa shape index (κ1) is 20.0. The maximum Gasteiger partial charge on any atom is 0.128 e. The summed E-state index contributed by atoms with van der Waals surface area (Å²) in [5.74, 6) is 1.24. The Morgan fingerprint density at radius 1 is 1.11 bits per heavy atom. The Bertz CT molecular complexity index is 722. The van der Waals surface area contributed by atoms with E-state index in [1.165, 1.54) is 63.0 Å². The average molecular weight is 370 g/mol. The van der Waals surface area contributed by atoms with E-state index in [0.717, 1.165) is 17.2 Å². The Morgan fingerprint density at radius 3 is 2.67 bits per heavy atom. The third-order valence-electron chi connectivity index (χ3n) is 5.96. The minimum absolute atomic E-state index is 0.217. The van der Waals surface area contributed by atoms with Gasteiger partial charge < -0.3 is 4.74 Å². The molecule has 1 aliphatic carbocycles. The molecule has 0 bridgehead atoms. The highest BCUT2D eigenvalue weighted by Gasteiger charge is 2.24. The first-order chi connectivity index (χ1) is 13.2. The number of hydrogen-bond acceptors (Lipinski definition) is 2. The van der Waals surface area contributed by atoms with Crippen molar-refractivity contribution in [3.63, 3.8) is 0 Å². The molecule has 3 heteroatoms. The van der Waals surface area contributed by atoms with Crippen molar-refractivity contribution in [2.75, 3.05) is 7.11 Å². The Labute approximate surface area is 163 Å². The molecule has 0 aliphatic heterocycles. The van der Waals surface area contributed by atoms with Gasteiger partial charge in [0.1, 0.15) is 5.82 Å². The molecule has 0 saturated heterocycles. The lowest BCUT2D eigenvalue weighted by Gasteiger charge is -2.29. The number of hydrogen-bond donors (Lipinski definition) is 0. The second kappa shape index (κ2) is 9.98. The van der Waals surface area contributed by atoms with Crippen molar-refractivity contribution in [1.29, 1.82) is 0 Å². The van der Waals surface area contributed by atoms with Gasteiger partial charge in [0.2, 0.25) is 0 Å². The fourth-order valence-corrected chi connectivity index (χ4v) is 4.42. The fourth-order valence-electron chi connectivity index (χ4n) is 4.42. The molecular weight excluding hydrogens is 337 g/mol. The molecule has 1 fully saturated rings. The predicted molar refractivity (Wildman–Crippen MR) is 109 cm³/mol. The highest BCUT2D eigenvalue weighted by atomic mass is 19.1. The molecule has 1 aromatic heterocycles. The van der Waals surface area contributed by atoms with Gasteiger partial charge in [0.25, 0.3) is 0 Å². The molecule has 1 aromatic carbocycles. The third-order valence-corrected chi connectivity index (χ3v) is 5.96. The van der Waals surface area contributed by atoms with Crippen LogP contribution in [-0.4, -0.2) is 12.1 Å². The number of ether oxygens (including phenoxy) is 1. The van der Waals surface area contributed by atoms with Crippen LogP contribution in [0.5, 0.6) is 0 Å². The quantitative estimate of drug-likeness (QED) is 0.473. The average Bonchev–Trinajstić information content (AvgIpc) is 2.71. The zero-order valence-corrected chi connectivity index (χ0v) is 16.7. The van der Waals surface area contributed by atoms with Gasteiger partial charge in [0.15, 0.2) is 0 Å². The summed E-state index contributed by atoms with van der Waals surface area (Å²) in [5.41, 5.74) is 3.90. The number of pyridine rings is 1. The molecule has 1 aliphatic rings. The fraction of sp³-hybridized carbons (Fsp3) is 0.542. The third kappa shape index (κ3) is 5.16. The molecule has 0 N–H and O–H groups in total. The first-order valence-corrected chi connectivity index (χ1v) is 10.5. The minimum atomic E-state index is -0.217. The monoisotopic (exact) mass is 369 g/mol. The van der Waals surface area contributed by atoms with Crippen LogP contribution in [-0.2, 0) is 11.3 Å². The van der Waals surface area contributed by atoms with E-state index >= 15 is 0 Å². The van der Waals surface area contributed by atoms with E-state index in [2.05, 4.69) is 18.0 Å². The molecular formula is C24H32FNO. The van der Waals surface area contributed by atoms with E-state index in [4.69, 9.17) is 4.74 Å². The lowest BCUT2D eigenvalue weighted by atomic mass is 9.76. The van der Waals surface area contributed by atoms with Crippen LogP contribution in [0.15, 0.2) is 36.5 Å². The molecule has 27 heavy (non-hydrogen) atoms. The molecule has 0 spiro atoms. The van der Waals surface area contributed by atoms with E-state index in [1.807, 2.05) is 24.4 Å². The Balaban J connectivity index is 1.75. The smallest absolute Gasteiger partial charge is 0.128 e. The molecule has 0 atom stereocenters. The van der Waals surface area contributed by atoms with Gasteiger partial charge in [-0.2, -0.15) is 0 Å². The van der Waals surface area contributed by atoms with Crippen LogP contribution in [0, 0.1) is 11.7 Å². The van der Waals surface area contributed by atoms with Crippen LogP contribution in [0.3, 0.4) is 0 Å². The Hall–Kier alpha value is -1.74. The van der Waals surface area contributed by atoms with Crippen LogP contribution in [0.1, 0.15) is 75.3 Å². The van der Waals surface area contributed by atoms with E-state index in [0.29, 0.717) is 11.5 Å². The zero-order chi connectivity index (χ0) is 19.1. The van der Waals surface area contributed by atoms with E-state index in [-0.39, 0.29) is 12.4 Å². The van der Waals surface area contributed by atoms with Crippen molar-refractivity contribution < 1.29 is 9.13 Å². The minimum Gasteiger partial charge on any atom is -0.380 e. The molecule has 2 aromatic rings. The van der Waals surface area contributed by atoms with Gasteiger partial charge in [0.05, 0.1) is 12.3 Å². The second-order valence-corrected chi connectivity index (χ2v) is 7.89. The predicted octanol–water partition coefficient (Wildman–Crippen LogP) is 6.89. The molecule has 146 valence electrons. The molecule has 3 rings (SSSR count). The number of rotatable bonds is 8. The lowest BCUT2D eigenvalue weighted by Crippen LogP contribution is -2.14. The van der Waals surface area contributed by atoms with Crippen LogP contribution < -0.4 is 0 Å². The summed E-state index contributed by atoms with van der Waals surface area (Å²) >= 11 is 0. The number of unbranched alkanes of at least 4 members (excludes halogenated alkanes) is 2. The molecule has 1 saturated carbocycles. The van der Waals surface area contributed by atoms with Crippen molar-refractivity contribution in [1.82, 2.24) is 4.98 Å². The summed E-state index contributed by atoms with van der Waals surface area (Å²) in [6, 6.07) is 9.51. The maximum atomic E-state index is 14.0. The van der Waals surface area contributed by atoms with Crippen molar-refractivity contribution in [3.05, 3.63) is 53.5 Å². The number of aromatic nitrogens is 1. The van der Waals surface area contributed by atoms with Gasteiger partial charge in [-0.25, -0.2) is 4.39 Å². The Morgan fingerprint density at radius 2 is 1.93 bits per heavy atom. The normalized spacial score (nSPS) is 20.0. The highest BCUT2D eigenvalue weighted by Crippen LogP contribution is 2.40. The van der Waals surface area contributed by atoms with Crippen molar-refractivity contribution in [2.45, 2.75) is 70.8 Å². The number of benzene rings is 1. The van der Waals surface area contributed by atoms with Crippen molar-refractivity contribution in [3.8, 4) is 11.3 Å². The molecule has 0 radical (unpaired) electrons. The van der Waals surface area contributed by atoms with E-state index < -0.39 is 0 Å². The van der Waals surface area contributed by atoms with Crippen molar-refractivity contribution in [2.24, 2.45) is 5.92 Å². The molecule has 2 nitrogen and oxygen atoms in total. The van der Waals surface area contributed by atoms with Crippen LogP contribution in [0.4, 0.5) is 4.39 Å². The standard InChI is InChI=1S/C24H32FNO/c1-3-4-5-7-18-9-11-19(12-10-18)22-8-6-15-26-24(22)20-13-14-23(25)21(16-20)17-27-2/h6,8,13-16,18-19H,3-5,7,9-12,17H2,1-2H3. The highest BCUT2D eigenvalue weighted by molar-refractivity contribution is 5.64. The Kier molecular flexibility index (Phi) is 7.40. The molecule has 0 amide bonds. The summed E-state index contributed by atoms with van der Waals surface area (Å²) < 4.78 is 19.1. The summed E-state index contributed by atoms with van der Waals surface area (Å²) in [7, 11) is 1.59. The van der Waals surface area contributed by atoms with Gasteiger partial charge in [-0.15, -0.1) is 0 Å². The number of methoxy groups -OCH3 is 1. The van der Waals surface area contributed by atoms with Crippen LogP contribution in [0.2, 0.25) is 0 Å². The maximum absolute atomic E-state index is 14.0. The lowest BCUT2D eigenvalue weighted by molar-refractivity contribution is 0.181. The molecule has 0 unspecified atom stereocenters. The van der Waals surface area contributed by atoms with Gasteiger partial charge in [-0.3, -0.25) is 4.98 Å². The van der Waals surface area contributed by atoms with E-state index in [1.54, 1.807) is 7.11 Å². The summed E-state index contributed by atoms with van der Waals surface area (Å²) in [4.78, 5) is 4.67. The van der Waals surface area contributed by atoms with Crippen LogP contribution in [0.25, 0.3) is 11.3 Å². The van der Waals surface area contributed by atoms with Gasteiger partial charge in [-0.1, -0.05) is 38.7 Å². The van der Waals surface area contributed by atoms with Crippen molar-refractivity contribution >= 4 is 0 Å². The second-order valence-electron chi connectivity index (χ2n) is 7.89.